The largest absolute Gasteiger partial charge is 0.369 e. The van der Waals surface area contributed by atoms with Crippen molar-refractivity contribution in [3.63, 3.8) is 0 Å². The van der Waals surface area contributed by atoms with E-state index in [1.165, 1.54) is 0 Å². The van der Waals surface area contributed by atoms with Crippen molar-refractivity contribution in [3.05, 3.63) is 18.1 Å². The van der Waals surface area contributed by atoms with Crippen LogP contribution in [0.1, 0.15) is 43.6 Å². The molecule has 0 aliphatic carbocycles. The van der Waals surface area contributed by atoms with Crippen LogP contribution in [0.15, 0.2) is 12.4 Å². The summed E-state index contributed by atoms with van der Waals surface area (Å²) >= 11 is 0. The number of rotatable bonds is 5. The number of carbonyl (C=O) groups excluding carboxylic acids is 1. The number of anilines is 1. The van der Waals surface area contributed by atoms with Gasteiger partial charge in [0.15, 0.2) is 0 Å². The van der Waals surface area contributed by atoms with E-state index in [1.807, 2.05) is 4.90 Å². The van der Waals surface area contributed by atoms with Crippen LogP contribution in [0.25, 0.3) is 0 Å². The Labute approximate surface area is 114 Å². The third kappa shape index (κ3) is 3.43. The van der Waals surface area contributed by atoms with Gasteiger partial charge < -0.3 is 10.2 Å². The van der Waals surface area contributed by atoms with Gasteiger partial charge in [-0.1, -0.05) is 20.3 Å². The number of likely N-dealkylation sites (tertiary alicyclic amines) is 1. The van der Waals surface area contributed by atoms with Crippen molar-refractivity contribution in [2.24, 2.45) is 5.92 Å². The molecule has 1 N–H and O–H groups in total. The Morgan fingerprint density at radius 2 is 2.26 bits per heavy atom. The van der Waals surface area contributed by atoms with Gasteiger partial charge in [0.2, 0.25) is 0 Å². The van der Waals surface area contributed by atoms with Crippen molar-refractivity contribution in [2.45, 2.75) is 33.1 Å². The maximum Gasteiger partial charge on any atom is 0.274 e. The molecule has 104 valence electrons. The normalized spacial score (nSPS) is 18.6. The molecule has 1 unspecified atom stereocenters. The van der Waals surface area contributed by atoms with Gasteiger partial charge in [-0.2, -0.15) is 0 Å². The summed E-state index contributed by atoms with van der Waals surface area (Å²) in [6.45, 7) is 6.83. The lowest BCUT2D eigenvalue weighted by Gasteiger charge is -2.15. The summed E-state index contributed by atoms with van der Waals surface area (Å²) in [5.41, 5.74) is 0.443. The minimum Gasteiger partial charge on any atom is -0.369 e. The molecule has 5 heteroatoms. The molecule has 1 amide bonds. The van der Waals surface area contributed by atoms with Gasteiger partial charge in [-0.05, 0) is 18.8 Å². The molecule has 1 atom stereocenters. The van der Waals surface area contributed by atoms with E-state index in [2.05, 4.69) is 29.1 Å². The van der Waals surface area contributed by atoms with E-state index in [-0.39, 0.29) is 5.91 Å². The first-order valence-corrected chi connectivity index (χ1v) is 7.09. The summed E-state index contributed by atoms with van der Waals surface area (Å²) in [4.78, 5) is 22.6. The number of hydrogen-bond acceptors (Lipinski definition) is 4. The molecule has 1 aliphatic heterocycles. The molecule has 1 aromatic rings. The molecule has 0 spiro atoms. The molecular weight excluding hydrogens is 240 g/mol. The van der Waals surface area contributed by atoms with Crippen LogP contribution < -0.4 is 5.32 Å². The topological polar surface area (TPSA) is 58.1 Å². The molecule has 1 fully saturated rings. The highest BCUT2D eigenvalue weighted by molar-refractivity contribution is 5.92. The average Bonchev–Trinajstić information content (AvgIpc) is 2.94. The van der Waals surface area contributed by atoms with Gasteiger partial charge in [-0.15, -0.1) is 0 Å². The Hall–Kier alpha value is -1.65. The van der Waals surface area contributed by atoms with Gasteiger partial charge in [0.05, 0.1) is 12.4 Å². The van der Waals surface area contributed by atoms with Crippen LogP contribution in [-0.2, 0) is 0 Å². The van der Waals surface area contributed by atoms with Crippen LogP contribution in [0.3, 0.4) is 0 Å². The lowest BCUT2D eigenvalue weighted by Crippen LogP contribution is -2.29. The summed E-state index contributed by atoms with van der Waals surface area (Å²) < 4.78 is 0. The molecule has 2 heterocycles. The number of hydrogen-bond donors (Lipinski definition) is 1. The van der Waals surface area contributed by atoms with Gasteiger partial charge in [-0.3, -0.25) is 4.79 Å². The zero-order valence-corrected chi connectivity index (χ0v) is 11.7. The second kappa shape index (κ2) is 6.50. The van der Waals surface area contributed by atoms with Gasteiger partial charge in [-0.25, -0.2) is 9.97 Å². The van der Waals surface area contributed by atoms with Crippen molar-refractivity contribution >= 4 is 11.7 Å². The first-order chi connectivity index (χ1) is 9.24. The molecule has 0 saturated carbocycles. The Kier molecular flexibility index (Phi) is 4.71. The summed E-state index contributed by atoms with van der Waals surface area (Å²) in [7, 11) is 0. The Balaban J connectivity index is 1.96. The van der Waals surface area contributed by atoms with Gasteiger partial charge in [0.1, 0.15) is 11.5 Å². The zero-order valence-electron chi connectivity index (χ0n) is 11.7. The molecule has 0 aromatic carbocycles. The fourth-order valence-corrected chi connectivity index (χ4v) is 2.30. The zero-order chi connectivity index (χ0) is 13.7. The number of nitrogens with zero attached hydrogens (tertiary/aromatic N) is 3. The predicted octanol–water partition coefficient (Wildman–Crippen LogP) is 2.17. The minimum absolute atomic E-state index is 0.00508. The molecular formula is C14H22N4O. The lowest BCUT2D eigenvalue weighted by atomic mass is 10.1. The fraction of sp³-hybridized carbons (Fsp3) is 0.643. The van der Waals surface area contributed by atoms with E-state index < -0.39 is 0 Å². The molecule has 5 nitrogen and oxygen atoms in total. The lowest BCUT2D eigenvalue weighted by molar-refractivity contribution is 0.0780. The maximum atomic E-state index is 12.2. The number of nitrogens with one attached hydrogen (secondary N) is 1. The molecule has 0 radical (unpaired) electrons. The van der Waals surface area contributed by atoms with Crippen molar-refractivity contribution in [3.8, 4) is 0 Å². The third-order valence-electron chi connectivity index (χ3n) is 3.58. The van der Waals surface area contributed by atoms with E-state index in [9.17, 15) is 4.79 Å². The molecule has 0 bridgehead atoms. The van der Waals surface area contributed by atoms with E-state index in [1.54, 1.807) is 12.4 Å². The summed E-state index contributed by atoms with van der Waals surface area (Å²) in [6.07, 6.45) is 6.48. The second-order valence-electron chi connectivity index (χ2n) is 5.03. The molecule has 1 saturated heterocycles. The Morgan fingerprint density at radius 3 is 2.84 bits per heavy atom. The summed E-state index contributed by atoms with van der Waals surface area (Å²) in [6, 6.07) is 0. The van der Waals surface area contributed by atoms with Gasteiger partial charge >= 0.3 is 0 Å². The SMILES string of the molecule is CCCNc1cnc(C(=O)N2CCC(CC)C2)cn1. The van der Waals surface area contributed by atoms with Crippen LogP contribution in [0.5, 0.6) is 0 Å². The highest BCUT2D eigenvalue weighted by atomic mass is 16.2. The second-order valence-corrected chi connectivity index (χ2v) is 5.03. The van der Waals surface area contributed by atoms with E-state index in [0.29, 0.717) is 11.6 Å². The summed E-state index contributed by atoms with van der Waals surface area (Å²) in [5, 5.41) is 3.15. The van der Waals surface area contributed by atoms with Crippen LogP contribution in [-0.4, -0.2) is 40.4 Å². The van der Waals surface area contributed by atoms with Crippen molar-refractivity contribution in [1.29, 1.82) is 0 Å². The first-order valence-electron chi connectivity index (χ1n) is 7.09. The van der Waals surface area contributed by atoms with Crippen molar-refractivity contribution in [1.82, 2.24) is 14.9 Å². The molecule has 19 heavy (non-hydrogen) atoms. The molecule has 1 aromatic heterocycles. The Morgan fingerprint density at radius 1 is 1.42 bits per heavy atom. The predicted molar refractivity (Wildman–Crippen MR) is 75.1 cm³/mol. The minimum atomic E-state index is 0.00508. The smallest absolute Gasteiger partial charge is 0.274 e. The average molecular weight is 262 g/mol. The third-order valence-corrected chi connectivity index (χ3v) is 3.58. The summed E-state index contributed by atoms with van der Waals surface area (Å²) in [5.74, 6) is 1.37. The number of aromatic nitrogens is 2. The van der Waals surface area contributed by atoms with Crippen molar-refractivity contribution in [2.75, 3.05) is 25.0 Å². The van der Waals surface area contributed by atoms with Crippen LogP contribution in [0.4, 0.5) is 5.82 Å². The monoisotopic (exact) mass is 262 g/mol. The highest BCUT2D eigenvalue weighted by Gasteiger charge is 2.26. The standard InChI is InChI=1S/C14H22N4O/c1-3-6-15-13-9-16-12(8-17-13)14(19)18-7-5-11(4-2)10-18/h8-9,11H,3-7,10H2,1-2H3,(H,15,17). The van der Waals surface area contributed by atoms with E-state index in [0.717, 1.165) is 44.7 Å². The number of carbonyl (C=O) groups is 1. The van der Waals surface area contributed by atoms with E-state index in [4.69, 9.17) is 0 Å². The quantitative estimate of drug-likeness (QED) is 0.883. The van der Waals surface area contributed by atoms with Gasteiger partial charge in [0.25, 0.3) is 5.91 Å². The first kappa shape index (κ1) is 13.8. The van der Waals surface area contributed by atoms with Crippen LogP contribution in [0, 0.1) is 5.92 Å². The molecule has 1 aliphatic rings. The number of amides is 1. The van der Waals surface area contributed by atoms with Crippen LogP contribution >= 0.6 is 0 Å². The van der Waals surface area contributed by atoms with Crippen molar-refractivity contribution < 1.29 is 4.79 Å². The highest BCUT2D eigenvalue weighted by Crippen LogP contribution is 2.20. The fourth-order valence-electron chi connectivity index (χ4n) is 2.30. The van der Waals surface area contributed by atoms with Crippen LogP contribution in [0.2, 0.25) is 0 Å². The maximum absolute atomic E-state index is 12.2. The van der Waals surface area contributed by atoms with E-state index >= 15 is 0 Å². The van der Waals surface area contributed by atoms with Gasteiger partial charge in [0, 0.05) is 19.6 Å². The Bertz CT molecular complexity index is 418. The molecule has 2 rings (SSSR count).